The summed E-state index contributed by atoms with van der Waals surface area (Å²) in [6.45, 7) is 3.30. The van der Waals surface area contributed by atoms with Crippen LogP contribution in [-0.4, -0.2) is 16.9 Å². The van der Waals surface area contributed by atoms with Crippen molar-refractivity contribution in [1.82, 2.24) is 4.98 Å². The van der Waals surface area contributed by atoms with Crippen molar-refractivity contribution in [2.24, 2.45) is 0 Å². The van der Waals surface area contributed by atoms with Gasteiger partial charge in [-0.15, -0.1) is 0 Å². The van der Waals surface area contributed by atoms with Gasteiger partial charge in [-0.05, 0) is 30.7 Å². The summed E-state index contributed by atoms with van der Waals surface area (Å²) in [4.78, 5) is 14.9. The number of aromatic nitrogens is 1. The van der Waals surface area contributed by atoms with Crippen molar-refractivity contribution in [2.45, 2.75) is 13.8 Å². The monoisotopic (exact) mass is 297 g/mol. The molecule has 0 spiro atoms. The van der Waals surface area contributed by atoms with E-state index in [0.29, 0.717) is 10.8 Å². The molecule has 19 heavy (non-hydrogen) atoms. The van der Waals surface area contributed by atoms with Crippen LogP contribution in [0.1, 0.15) is 12.5 Å². The normalized spacial score (nSPS) is 10.5. The van der Waals surface area contributed by atoms with E-state index in [0.717, 1.165) is 28.5 Å². The van der Waals surface area contributed by atoms with E-state index >= 15 is 0 Å². The SMILES string of the molecule is CC(=O)OSCOc1cc(C)c2ncc(Cl)cc2c1. The Morgan fingerprint density at radius 3 is 2.95 bits per heavy atom. The zero-order valence-corrected chi connectivity index (χ0v) is 12.0. The lowest BCUT2D eigenvalue weighted by molar-refractivity contribution is -0.130. The lowest BCUT2D eigenvalue weighted by Gasteiger charge is -2.08. The fourth-order valence-corrected chi connectivity index (χ4v) is 2.22. The van der Waals surface area contributed by atoms with Gasteiger partial charge in [0.2, 0.25) is 0 Å². The molecule has 0 atom stereocenters. The van der Waals surface area contributed by atoms with Crippen LogP contribution in [-0.2, 0) is 8.98 Å². The minimum Gasteiger partial charge on any atom is -0.480 e. The topological polar surface area (TPSA) is 48.4 Å². The summed E-state index contributed by atoms with van der Waals surface area (Å²) >= 11 is 6.88. The highest BCUT2D eigenvalue weighted by Crippen LogP contribution is 2.26. The highest BCUT2D eigenvalue weighted by Gasteiger charge is 2.04. The zero-order chi connectivity index (χ0) is 13.8. The standard InChI is InChI=1S/C13H12ClNO3S/c1-8-3-12(17-7-19-18-9(2)16)5-10-4-11(14)6-15-13(8)10/h3-6H,7H2,1-2H3. The van der Waals surface area contributed by atoms with E-state index in [2.05, 4.69) is 4.98 Å². The van der Waals surface area contributed by atoms with Crippen LogP contribution in [0.15, 0.2) is 24.4 Å². The number of benzene rings is 1. The van der Waals surface area contributed by atoms with Gasteiger partial charge in [0.05, 0.1) is 10.5 Å². The first kappa shape index (κ1) is 14.0. The number of carbonyl (C=O) groups is 1. The quantitative estimate of drug-likeness (QED) is 0.489. The molecule has 2 aromatic rings. The maximum atomic E-state index is 10.6. The van der Waals surface area contributed by atoms with Gasteiger partial charge >= 0.3 is 5.97 Å². The number of hydrogen-bond acceptors (Lipinski definition) is 5. The van der Waals surface area contributed by atoms with Crippen LogP contribution in [0.25, 0.3) is 10.9 Å². The smallest absolute Gasteiger partial charge is 0.314 e. The van der Waals surface area contributed by atoms with Crippen LogP contribution in [0.5, 0.6) is 5.75 Å². The second kappa shape index (κ2) is 6.12. The van der Waals surface area contributed by atoms with E-state index in [1.165, 1.54) is 6.92 Å². The van der Waals surface area contributed by atoms with Crippen LogP contribution in [0, 0.1) is 6.92 Å². The minimum atomic E-state index is -0.348. The maximum Gasteiger partial charge on any atom is 0.314 e. The van der Waals surface area contributed by atoms with Gasteiger partial charge in [-0.2, -0.15) is 0 Å². The van der Waals surface area contributed by atoms with Gasteiger partial charge in [0.1, 0.15) is 17.8 Å². The Morgan fingerprint density at radius 1 is 1.42 bits per heavy atom. The van der Waals surface area contributed by atoms with E-state index in [1.807, 2.05) is 25.1 Å². The highest BCUT2D eigenvalue weighted by molar-refractivity contribution is 7.94. The Balaban J connectivity index is 2.13. The molecule has 4 nitrogen and oxygen atoms in total. The summed E-state index contributed by atoms with van der Waals surface area (Å²) in [6, 6.07) is 5.58. The summed E-state index contributed by atoms with van der Waals surface area (Å²) in [6.07, 6.45) is 1.62. The molecule has 0 amide bonds. The third-order valence-electron chi connectivity index (χ3n) is 2.36. The fourth-order valence-electron chi connectivity index (χ4n) is 1.65. The van der Waals surface area contributed by atoms with Crippen molar-refractivity contribution in [3.05, 3.63) is 35.0 Å². The molecule has 1 aromatic heterocycles. The number of halogens is 1. The van der Waals surface area contributed by atoms with Crippen molar-refractivity contribution < 1.29 is 13.7 Å². The lowest BCUT2D eigenvalue weighted by Crippen LogP contribution is -1.97. The van der Waals surface area contributed by atoms with Crippen molar-refractivity contribution in [3.63, 3.8) is 0 Å². The van der Waals surface area contributed by atoms with E-state index in [4.69, 9.17) is 20.5 Å². The number of nitrogens with zero attached hydrogens (tertiary/aromatic N) is 1. The Hall–Kier alpha value is -1.46. The van der Waals surface area contributed by atoms with Crippen LogP contribution in [0.4, 0.5) is 0 Å². The molecular formula is C13H12ClNO3S. The molecule has 1 aromatic carbocycles. The lowest BCUT2D eigenvalue weighted by atomic mass is 10.1. The Kier molecular flexibility index (Phi) is 4.50. The van der Waals surface area contributed by atoms with Gasteiger partial charge in [-0.25, -0.2) is 0 Å². The van der Waals surface area contributed by atoms with Gasteiger partial charge in [-0.3, -0.25) is 9.78 Å². The molecule has 0 aliphatic heterocycles. The van der Waals surface area contributed by atoms with Gasteiger partial charge in [-0.1, -0.05) is 11.6 Å². The van der Waals surface area contributed by atoms with Crippen molar-refractivity contribution in [3.8, 4) is 5.75 Å². The van der Waals surface area contributed by atoms with Gasteiger partial charge in [0.15, 0.2) is 5.94 Å². The molecule has 0 aliphatic carbocycles. The van der Waals surface area contributed by atoms with Crippen molar-refractivity contribution in [1.29, 1.82) is 0 Å². The summed E-state index contributed by atoms with van der Waals surface area (Å²) < 4.78 is 10.2. The van der Waals surface area contributed by atoms with Gasteiger partial charge in [0.25, 0.3) is 0 Å². The van der Waals surface area contributed by atoms with Crippen molar-refractivity contribution in [2.75, 3.05) is 5.94 Å². The molecule has 0 saturated carbocycles. The number of aryl methyl sites for hydroxylation is 1. The molecule has 0 N–H and O–H groups in total. The number of fused-ring (bicyclic) bond motifs is 1. The molecule has 0 saturated heterocycles. The third kappa shape index (κ3) is 3.75. The molecule has 0 unspecified atom stereocenters. The second-order valence-corrected chi connectivity index (χ2v) is 4.99. The molecule has 0 bridgehead atoms. The first-order valence-electron chi connectivity index (χ1n) is 5.55. The number of hydrogen-bond donors (Lipinski definition) is 0. The number of pyridine rings is 1. The Labute approximate surface area is 120 Å². The predicted octanol–water partition coefficient (Wildman–Crippen LogP) is 3.74. The molecule has 0 fully saturated rings. The zero-order valence-electron chi connectivity index (χ0n) is 10.5. The summed E-state index contributed by atoms with van der Waals surface area (Å²) in [5.74, 6) is 0.575. The second-order valence-electron chi connectivity index (χ2n) is 3.92. The molecule has 1 heterocycles. The van der Waals surface area contributed by atoms with Gasteiger partial charge < -0.3 is 8.92 Å². The van der Waals surface area contributed by atoms with Crippen LogP contribution >= 0.6 is 23.6 Å². The minimum absolute atomic E-state index is 0.235. The van der Waals surface area contributed by atoms with Gasteiger partial charge in [0, 0.05) is 18.5 Å². The third-order valence-corrected chi connectivity index (χ3v) is 3.14. The first-order valence-corrected chi connectivity index (χ1v) is 6.84. The maximum absolute atomic E-state index is 10.6. The molecule has 0 radical (unpaired) electrons. The van der Waals surface area contributed by atoms with Crippen LogP contribution in [0.2, 0.25) is 5.02 Å². The Morgan fingerprint density at radius 2 is 2.21 bits per heavy atom. The Bertz CT molecular complexity index is 618. The number of ether oxygens (including phenoxy) is 1. The highest BCUT2D eigenvalue weighted by atomic mass is 35.5. The summed E-state index contributed by atoms with van der Waals surface area (Å²) in [5, 5.41) is 1.50. The van der Waals surface area contributed by atoms with E-state index in [1.54, 1.807) is 6.20 Å². The van der Waals surface area contributed by atoms with Crippen LogP contribution in [0.3, 0.4) is 0 Å². The van der Waals surface area contributed by atoms with Crippen molar-refractivity contribution >= 4 is 40.5 Å². The van der Waals surface area contributed by atoms with E-state index in [-0.39, 0.29) is 11.9 Å². The average Bonchev–Trinajstić information content (AvgIpc) is 2.34. The molecule has 6 heteroatoms. The molecule has 2 rings (SSSR count). The molecule has 0 aliphatic rings. The average molecular weight is 298 g/mol. The summed E-state index contributed by atoms with van der Waals surface area (Å²) in [5.41, 5.74) is 1.89. The fraction of sp³-hybridized carbons (Fsp3) is 0.231. The van der Waals surface area contributed by atoms with Crippen LogP contribution < -0.4 is 4.74 Å². The number of rotatable bonds is 4. The molecular weight excluding hydrogens is 286 g/mol. The predicted molar refractivity (Wildman–Crippen MR) is 76.3 cm³/mol. The summed E-state index contributed by atoms with van der Waals surface area (Å²) in [7, 11) is 0. The van der Waals surface area contributed by atoms with E-state index < -0.39 is 0 Å². The van der Waals surface area contributed by atoms with E-state index in [9.17, 15) is 4.79 Å². The first-order chi connectivity index (χ1) is 9.06. The molecule has 100 valence electrons. The number of carbonyl (C=O) groups excluding carboxylic acids is 1. The largest absolute Gasteiger partial charge is 0.480 e.